The summed E-state index contributed by atoms with van der Waals surface area (Å²) in [7, 11) is 3.30. The molecular weight excluding hydrogens is 332 g/mol. The molecule has 1 heterocycles. The molecule has 0 aliphatic carbocycles. The van der Waals surface area contributed by atoms with Gasteiger partial charge in [0.15, 0.2) is 0 Å². The minimum atomic E-state index is 0.0147. The number of ether oxygens (including phenoxy) is 2. The fourth-order valence-electron chi connectivity index (χ4n) is 2.30. The Hall–Kier alpha value is -1.59. The van der Waals surface area contributed by atoms with E-state index in [1.165, 1.54) is 0 Å². The topological polar surface area (TPSA) is 43.4 Å². The highest BCUT2D eigenvalue weighted by Crippen LogP contribution is 2.41. The fourth-order valence-corrected chi connectivity index (χ4v) is 2.99. The number of hydrogen-bond donors (Lipinski definition) is 1. The number of benzene rings is 1. The maximum Gasteiger partial charge on any atom is 0.141 e. The maximum atomic E-state index is 5.58. The van der Waals surface area contributed by atoms with Crippen LogP contribution in [0.15, 0.2) is 41.1 Å². The average molecular weight is 351 g/mol. The Morgan fingerprint density at radius 1 is 1.24 bits per heavy atom. The van der Waals surface area contributed by atoms with Crippen molar-refractivity contribution in [1.29, 1.82) is 0 Å². The van der Waals surface area contributed by atoms with Gasteiger partial charge in [0.25, 0.3) is 0 Å². The van der Waals surface area contributed by atoms with Gasteiger partial charge in [-0.25, -0.2) is 0 Å². The van der Waals surface area contributed by atoms with Gasteiger partial charge in [-0.2, -0.15) is 0 Å². The van der Waals surface area contributed by atoms with Gasteiger partial charge in [0, 0.05) is 18.0 Å². The highest BCUT2D eigenvalue weighted by Gasteiger charge is 2.21. The Kier molecular flexibility index (Phi) is 5.59. The number of aromatic nitrogens is 1. The van der Waals surface area contributed by atoms with Crippen LogP contribution in [0.25, 0.3) is 0 Å². The van der Waals surface area contributed by atoms with Crippen molar-refractivity contribution in [2.24, 2.45) is 0 Å². The van der Waals surface area contributed by atoms with Crippen LogP contribution in [0, 0.1) is 0 Å². The van der Waals surface area contributed by atoms with Crippen LogP contribution in [0.5, 0.6) is 11.5 Å². The van der Waals surface area contributed by atoms with Crippen molar-refractivity contribution in [1.82, 2.24) is 10.3 Å². The van der Waals surface area contributed by atoms with Crippen LogP contribution in [-0.4, -0.2) is 25.7 Å². The lowest BCUT2D eigenvalue weighted by atomic mass is 9.99. The third-order valence-corrected chi connectivity index (χ3v) is 4.00. The van der Waals surface area contributed by atoms with Crippen molar-refractivity contribution in [2.45, 2.75) is 13.0 Å². The molecule has 0 saturated heterocycles. The summed E-state index contributed by atoms with van der Waals surface area (Å²) in [6.45, 7) is 2.92. The number of hydrogen-bond acceptors (Lipinski definition) is 4. The van der Waals surface area contributed by atoms with Crippen molar-refractivity contribution in [3.63, 3.8) is 0 Å². The molecule has 1 atom stereocenters. The highest BCUT2D eigenvalue weighted by molar-refractivity contribution is 9.10. The number of nitrogens with zero attached hydrogens (tertiary/aromatic N) is 1. The van der Waals surface area contributed by atoms with Crippen LogP contribution >= 0.6 is 15.9 Å². The predicted octanol–water partition coefficient (Wildman–Crippen LogP) is 3.56. The SMILES string of the molecule is CCNC(c1cccnc1)c1ccc(OC)c(Br)c1OC. The number of nitrogens with one attached hydrogen (secondary N) is 1. The first-order valence-electron chi connectivity index (χ1n) is 6.76. The molecule has 21 heavy (non-hydrogen) atoms. The van der Waals surface area contributed by atoms with E-state index in [9.17, 15) is 0 Å². The lowest BCUT2D eigenvalue weighted by Crippen LogP contribution is -2.22. The first-order valence-corrected chi connectivity index (χ1v) is 7.55. The van der Waals surface area contributed by atoms with Gasteiger partial charge in [-0.05, 0) is 46.2 Å². The molecule has 0 radical (unpaired) electrons. The summed E-state index contributed by atoms with van der Waals surface area (Å²) in [6.07, 6.45) is 3.64. The van der Waals surface area contributed by atoms with E-state index in [-0.39, 0.29) is 6.04 Å². The van der Waals surface area contributed by atoms with Crippen molar-refractivity contribution in [3.05, 3.63) is 52.3 Å². The van der Waals surface area contributed by atoms with Gasteiger partial charge < -0.3 is 14.8 Å². The van der Waals surface area contributed by atoms with Gasteiger partial charge in [0.1, 0.15) is 16.0 Å². The molecule has 0 amide bonds. The molecule has 1 aromatic carbocycles. The monoisotopic (exact) mass is 350 g/mol. The quantitative estimate of drug-likeness (QED) is 0.864. The van der Waals surface area contributed by atoms with Crippen LogP contribution in [0.2, 0.25) is 0 Å². The van der Waals surface area contributed by atoms with E-state index in [1.807, 2.05) is 24.4 Å². The predicted molar refractivity (Wildman–Crippen MR) is 87.0 cm³/mol. The van der Waals surface area contributed by atoms with Crippen molar-refractivity contribution in [2.75, 3.05) is 20.8 Å². The molecule has 0 aliphatic heterocycles. The summed E-state index contributed by atoms with van der Waals surface area (Å²) in [5.74, 6) is 1.51. The second-order valence-electron chi connectivity index (χ2n) is 4.48. The van der Waals surface area contributed by atoms with E-state index >= 15 is 0 Å². The van der Waals surface area contributed by atoms with Crippen LogP contribution < -0.4 is 14.8 Å². The lowest BCUT2D eigenvalue weighted by molar-refractivity contribution is 0.383. The molecule has 0 bridgehead atoms. The molecule has 112 valence electrons. The molecule has 5 heteroatoms. The van der Waals surface area contributed by atoms with Gasteiger partial charge in [0.05, 0.1) is 20.3 Å². The van der Waals surface area contributed by atoms with Crippen LogP contribution in [0.4, 0.5) is 0 Å². The molecule has 1 aromatic heterocycles. The molecule has 4 nitrogen and oxygen atoms in total. The van der Waals surface area contributed by atoms with E-state index < -0.39 is 0 Å². The maximum absolute atomic E-state index is 5.58. The molecule has 0 fully saturated rings. The first kappa shape index (κ1) is 15.8. The second-order valence-corrected chi connectivity index (χ2v) is 5.27. The van der Waals surface area contributed by atoms with Gasteiger partial charge >= 0.3 is 0 Å². The standard InChI is InChI=1S/C16H19BrN2O2/c1-4-19-15(11-6-5-9-18-10-11)12-7-8-13(20-2)14(17)16(12)21-3/h5-10,15,19H,4H2,1-3H3. The Morgan fingerprint density at radius 2 is 2.05 bits per heavy atom. The van der Waals surface area contributed by atoms with Gasteiger partial charge in [-0.3, -0.25) is 4.98 Å². The van der Waals surface area contributed by atoms with E-state index in [0.717, 1.165) is 33.6 Å². The smallest absolute Gasteiger partial charge is 0.141 e. The van der Waals surface area contributed by atoms with E-state index in [0.29, 0.717) is 0 Å². The highest BCUT2D eigenvalue weighted by atomic mass is 79.9. The van der Waals surface area contributed by atoms with Crippen LogP contribution in [0.3, 0.4) is 0 Å². The summed E-state index contributed by atoms with van der Waals surface area (Å²) >= 11 is 3.55. The first-order chi connectivity index (χ1) is 10.2. The molecule has 2 aromatic rings. The Balaban J connectivity index is 2.53. The molecule has 0 spiro atoms. The molecular formula is C16H19BrN2O2. The molecule has 0 aliphatic rings. The van der Waals surface area contributed by atoms with E-state index in [1.54, 1.807) is 20.4 Å². The number of methoxy groups -OCH3 is 2. The molecule has 2 rings (SSSR count). The van der Waals surface area contributed by atoms with Gasteiger partial charge in [-0.15, -0.1) is 0 Å². The van der Waals surface area contributed by atoms with Crippen LogP contribution in [-0.2, 0) is 0 Å². The van der Waals surface area contributed by atoms with Gasteiger partial charge in [-0.1, -0.05) is 13.0 Å². The van der Waals surface area contributed by atoms with Crippen molar-refractivity contribution in [3.8, 4) is 11.5 Å². The Bertz CT molecular complexity index is 590. The fraction of sp³-hybridized carbons (Fsp3) is 0.312. The number of halogens is 1. The van der Waals surface area contributed by atoms with Crippen molar-refractivity contribution >= 4 is 15.9 Å². The zero-order valence-corrected chi connectivity index (χ0v) is 14.0. The second kappa shape index (κ2) is 7.43. The third-order valence-electron chi connectivity index (χ3n) is 3.25. The summed E-state index contributed by atoms with van der Waals surface area (Å²) in [4.78, 5) is 4.21. The number of pyridine rings is 1. The summed E-state index contributed by atoms with van der Waals surface area (Å²) in [6, 6.07) is 7.95. The Morgan fingerprint density at radius 3 is 2.62 bits per heavy atom. The molecule has 0 saturated carbocycles. The summed E-state index contributed by atoms with van der Waals surface area (Å²) < 4.78 is 11.7. The minimum absolute atomic E-state index is 0.0147. The number of rotatable bonds is 6. The normalized spacial score (nSPS) is 12.0. The zero-order valence-electron chi connectivity index (χ0n) is 12.4. The Labute approximate surface area is 133 Å². The largest absolute Gasteiger partial charge is 0.495 e. The third kappa shape index (κ3) is 3.36. The molecule has 1 N–H and O–H groups in total. The lowest BCUT2D eigenvalue weighted by Gasteiger charge is -2.22. The minimum Gasteiger partial charge on any atom is -0.495 e. The average Bonchev–Trinajstić information content (AvgIpc) is 2.53. The van der Waals surface area contributed by atoms with E-state index in [2.05, 4.69) is 39.2 Å². The van der Waals surface area contributed by atoms with Crippen LogP contribution in [0.1, 0.15) is 24.1 Å². The zero-order chi connectivity index (χ0) is 15.2. The van der Waals surface area contributed by atoms with Crippen molar-refractivity contribution < 1.29 is 9.47 Å². The van der Waals surface area contributed by atoms with E-state index in [4.69, 9.17) is 9.47 Å². The van der Waals surface area contributed by atoms with Gasteiger partial charge in [0.2, 0.25) is 0 Å². The summed E-state index contributed by atoms with van der Waals surface area (Å²) in [5.41, 5.74) is 2.13. The molecule has 1 unspecified atom stereocenters. The summed E-state index contributed by atoms with van der Waals surface area (Å²) in [5, 5.41) is 3.47.